The van der Waals surface area contributed by atoms with Crippen LogP contribution in [0.5, 0.6) is 11.5 Å². The third-order valence-corrected chi connectivity index (χ3v) is 3.24. The molecule has 2 rings (SSSR count). The number of methoxy groups -OCH3 is 1. The Balaban J connectivity index is 2.03. The SMILES string of the molecule is COc1cccc(C(=O)COc2ccccc2Br)c1. The van der Waals surface area contributed by atoms with Crippen molar-refractivity contribution in [1.82, 2.24) is 0 Å². The lowest BCUT2D eigenvalue weighted by Gasteiger charge is -2.08. The van der Waals surface area contributed by atoms with Crippen LogP contribution in [0.15, 0.2) is 53.0 Å². The summed E-state index contributed by atoms with van der Waals surface area (Å²) in [6.45, 7) is -0.00419. The van der Waals surface area contributed by atoms with E-state index in [1.807, 2.05) is 24.3 Å². The number of hydrogen-bond donors (Lipinski definition) is 0. The number of rotatable bonds is 5. The molecule has 0 amide bonds. The van der Waals surface area contributed by atoms with Crippen molar-refractivity contribution in [3.63, 3.8) is 0 Å². The van der Waals surface area contributed by atoms with Crippen LogP contribution in [0.25, 0.3) is 0 Å². The lowest BCUT2D eigenvalue weighted by atomic mass is 10.1. The third-order valence-electron chi connectivity index (χ3n) is 2.59. The molecule has 0 fully saturated rings. The molecule has 0 atom stereocenters. The highest BCUT2D eigenvalue weighted by molar-refractivity contribution is 9.10. The molecule has 0 unspecified atom stereocenters. The Morgan fingerprint density at radius 3 is 2.68 bits per heavy atom. The molecule has 98 valence electrons. The van der Waals surface area contributed by atoms with E-state index in [2.05, 4.69) is 15.9 Å². The summed E-state index contributed by atoms with van der Waals surface area (Å²) in [5.41, 5.74) is 0.575. The number of ether oxygens (including phenoxy) is 2. The molecule has 0 aromatic heterocycles. The summed E-state index contributed by atoms with van der Waals surface area (Å²) in [7, 11) is 1.57. The van der Waals surface area contributed by atoms with Crippen molar-refractivity contribution in [2.24, 2.45) is 0 Å². The van der Waals surface area contributed by atoms with Gasteiger partial charge in [0.2, 0.25) is 0 Å². The van der Waals surface area contributed by atoms with E-state index < -0.39 is 0 Å². The molecule has 0 aliphatic heterocycles. The number of hydrogen-bond acceptors (Lipinski definition) is 3. The summed E-state index contributed by atoms with van der Waals surface area (Å²) >= 11 is 3.37. The van der Waals surface area contributed by atoms with E-state index >= 15 is 0 Å². The van der Waals surface area contributed by atoms with Crippen LogP contribution in [-0.2, 0) is 0 Å². The Bertz CT molecular complexity index is 581. The van der Waals surface area contributed by atoms with Gasteiger partial charge in [-0.3, -0.25) is 4.79 Å². The van der Waals surface area contributed by atoms with Gasteiger partial charge in [0.15, 0.2) is 12.4 Å². The second-order valence-corrected chi connectivity index (χ2v) is 4.73. The molecule has 2 aromatic rings. The number of para-hydroxylation sites is 1. The van der Waals surface area contributed by atoms with E-state index in [0.717, 1.165) is 4.47 Å². The second-order valence-electron chi connectivity index (χ2n) is 3.87. The summed E-state index contributed by atoms with van der Waals surface area (Å²) < 4.78 is 11.4. The predicted molar refractivity (Wildman–Crippen MR) is 77.0 cm³/mol. The van der Waals surface area contributed by atoms with E-state index in [1.165, 1.54) is 0 Å². The van der Waals surface area contributed by atoms with Crippen molar-refractivity contribution >= 4 is 21.7 Å². The van der Waals surface area contributed by atoms with Crippen LogP contribution in [0.1, 0.15) is 10.4 Å². The van der Waals surface area contributed by atoms with E-state index in [9.17, 15) is 4.79 Å². The smallest absolute Gasteiger partial charge is 0.200 e. The van der Waals surface area contributed by atoms with Gasteiger partial charge in [0, 0.05) is 5.56 Å². The van der Waals surface area contributed by atoms with Crippen molar-refractivity contribution in [3.8, 4) is 11.5 Å². The molecular formula is C15H13BrO3. The molecule has 0 aliphatic rings. The van der Waals surface area contributed by atoms with Gasteiger partial charge in [-0.05, 0) is 40.2 Å². The van der Waals surface area contributed by atoms with E-state index in [-0.39, 0.29) is 12.4 Å². The van der Waals surface area contributed by atoms with Gasteiger partial charge in [0.05, 0.1) is 11.6 Å². The fraction of sp³-hybridized carbons (Fsp3) is 0.133. The zero-order valence-corrected chi connectivity index (χ0v) is 12.0. The van der Waals surface area contributed by atoms with Crippen LogP contribution in [-0.4, -0.2) is 19.5 Å². The summed E-state index contributed by atoms with van der Waals surface area (Å²) in [5.74, 6) is 1.22. The Morgan fingerprint density at radius 1 is 1.16 bits per heavy atom. The van der Waals surface area contributed by atoms with Crippen LogP contribution in [0.2, 0.25) is 0 Å². The van der Waals surface area contributed by atoms with Gasteiger partial charge in [0.1, 0.15) is 11.5 Å². The van der Waals surface area contributed by atoms with Crippen LogP contribution in [0.3, 0.4) is 0 Å². The van der Waals surface area contributed by atoms with Gasteiger partial charge >= 0.3 is 0 Å². The van der Waals surface area contributed by atoms with E-state index in [0.29, 0.717) is 17.1 Å². The maximum absolute atomic E-state index is 12.0. The summed E-state index contributed by atoms with van der Waals surface area (Å²) in [6, 6.07) is 14.4. The first-order valence-corrected chi connectivity index (χ1v) is 6.54. The lowest BCUT2D eigenvalue weighted by Crippen LogP contribution is -2.11. The molecule has 0 saturated carbocycles. The second kappa shape index (κ2) is 6.38. The molecule has 19 heavy (non-hydrogen) atoms. The minimum absolute atomic E-state index is 0.00419. The Morgan fingerprint density at radius 2 is 1.95 bits per heavy atom. The van der Waals surface area contributed by atoms with Crippen molar-refractivity contribution < 1.29 is 14.3 Å². The molecule has 0 bridgehead atoms. The number of halogens is 1. The van der Waals surface area contributed by atoms with Gasteiger partial charge < -0.3 is 9.47 Å². The first-order chi connectivity index (χ1) is 9.20. The summed E-state index contributed by atoms with van der Waals surface area (Å²) in [4.78, 5) is 12.0. The number of ketones is 1. The number of benzene rings is 2. The molecule has 0 heterocycles. The Kier molecular flexibility index (Phi) is 4.58. The molecule has 0 saturated heterocycles. The minimum Gasteiger partial charge on any atom is -0.497 e. The van der Waals surface area contributed by atoms with E-state index in [4.69, 9.17) is 9.47 Å². The summed E-state index contributed by atoms with van der Waals surface area (Å²) in [6.07, 6.45) is 0. The number of Topliss-reactive ketones (excluding diaryl/α,β-unsaturated/α-hetero) is 1. The van der Waals surface area contributed by atoms with Crippen molar-refractivity contribution in [2.45, 2.75) is 0 Å². The monoisotopic (exact) mass is 320 g/mol. The largest absolute Gasteiger partial charge is 0.497 e. The van der Waals surface area contributed by atoms with E-state index in [1.54, 1.807) is 31.4 Å². The van der Waals surface area contributed by atoms with Crippen molar-refractivity contribution in [3.05, 3.63) is 58.6 Å². The first-order valence-electron chi connectivity index (χ1n) is 5.75. The molecule has 0 aliphatic carbocycles. The molecule has 0 spiro atoms. The highest BCUT2D eigenvalue weighted by Crippen LogP contribution is 2.24. The van der Waals surface area contributed by atoms with Gasteiger partial charge in [-0.25, -0.2) is 0 Å². The first kappa shape index (κ1) is 13.6. The highest BCUT2D eigenvalue weighted by atomic mass is 79.9. The predicted octanol–water partition coefficient (Wildman–Crippen LogP) is 3.72. The Labute approximate surface area is 120 Å². The quantitative estimate of drug-likeness (QED) is 0.788. The van der Waals surface area contributed by atoms with Crippen LogP contribution in [0.4, 0.5) is 0 Å². The van der Waals surface area contributed by atoms with Crippen LogP contribution in [0, 0.1) is 0 Å². The molecule has 3 nitrogen and oxygen atoms in total. The molecule has 0 N–H and O–H groups in total. The summed E-state index contributed by atoms with van der Waals surface area (Å²) in [5, 5.41) is 0. The number of carbonyl (C=O) groups excluding carboxylic acids is 1. The Hall–Kier alpha value is -1.81. The zero-order chi connectivity index (χ0) is 13.7. The van der Waals surface area contributed by atoms with Gasteiger partial charge in [0.25, 0.3) is 0 Å². The van der Waals surface area contributed by atoms with Crippen LogP contribution < -0.4 is 9.47 Å². The van der Waals surface area contributed by atoms with Gasteiger partial charge in [-0.1, -0.05) is 24.3 Å². The standard InChI is InChI=1S/C15H13BrO3/c1-18-12-6-4-5-11(9-12)14(17)10-19-15-8-3-2-7-13(15)16/h2-9H,10H2,1H3. The fourth-order valence-electron chi connectivity index (χ4n) is 1.58. The van der Waals surface area contributed by atoms with Crippen LogP contribution >= 0.6 is 15.9 Å². The fourth-order valence-corrected chi connectivity index (χ4v) is 1.98. The molecule has 0 radical (unpaired) electrons. The maximum atomic E-state index is 12.0. The minimum atomic E-state index is -0.0883. The topological polar surface area (TPSA) is 35.5 Å². The molecular weight excluding hydrogens is 308 g/mol. The van der Waals surface area contributed by atoms with Gasteiger partial charge in [-0.2, -0.15) is 0 Å². The third kappa shape index (κ3) is 3.58. The van der Waals surface area contributed by atoms with Crippen molar-refractivity contribution in [2.75, 3.05) is 13.7 Å². The van der Waals surface area contributed by atoms with Gasteiger partial charge in [-0.15, -0.1) is 0 Å². The highest BCUT2D eigenvalue weighted by Gasteiger charge is 2.09. The zero-order valence-electron chi connectivity index (χ0n) is 10.4. The lowest BCUT2D eigenvalue weighted by molar-refractivity contribution is 0.0920. The van der Waals surface area contributed by atoms with Crippen molar-refractivity contribution in [1.29, 1.82) is 0 Å². The molecule has 2 aromatic carbocycles. The maximum Gasteiger partial charge on any atom is 0.200 e. The normalized spacial score (nSPS) is 10.0. The average molecular weight is 321 g/mol. The molecule has 4 heteroatoms. The average Bonchev–Trinajstić information content (AvgIpc) is 2.46. The number of carbonyl (C=O) groups is 1.